The standard InChI is InChI=1S/C13H13NO2/c1-15-14(12-8-4-2-5-9-12)16-13-10-6-3-7-11-13/h2-11H,1H3. The first-order valence-corrected chi connectivity index (χ1v) is 5.02. The quantitative estimate of drug-likeness (QED) is 0.732. The van der Waals surface area contributed by atoms with Gasteiger partial charge < -0.3 is 4.84 Å². The van der Waals surface area contributed by atoms with E-state index in [-0.39, 0.29) is 0 Å². The zero-order valence-corrected chi connectivity index (χ0v) is 9.04. The second kappa shape index (κ2) is 5.19. The molecular weight excluding hydrogens is 202 g/mol. The number of anilines is 1. The number of rotatable bonds is 4. The minimum Gasteiger partial charge on any atom is -0.354 e. The highest BCUT2D eigenvalue weighted by atomic mass is 16.9. The zero-order valence-electron chi connectivity index (χ0n) is 9.04. The first-order valence-electron chi connectivity index (χ1n) is 5.02. The van der Waals surface area contributed by atoms with Crippen molar-refractivity contribution in [3.63, 3.8) is 0 Å². The highest BCUT2D eigenvalue weighted by Gasteiger charge is 2.06. The molecule has 0 aliphatic heterocycles. The van der Waals surface area contributed by atoms with E-state index in [9.17, 15) is 0 Å². The minimum atomic E-state index is 0.730. The number of hydrogen-bond donors (Lipinski definition) is 0. The van der Waals surface area contributed by atoms with Gasteiger partial charge in [0.25, 0.3) is 0 Å². The Morgan fingerprint density at radius 1 is 0.812 bits per heavy atom. The molecule has 82 valence electrons. The van der Waals surface area contributed by atoms with E-state index < -0.39 is 0 Å². The van der Waals surface area contributed by atoms with E-state index in [0.717, 1.165) is 11.4 Å². The van der Waals surface area contributed by atoms with Crippen molar-refractivity contribution < 1.29 is 9.68 Å². The molecule has 0 atom stereocenters. The zero-order chi connectivity index (χ0) is 11.2. The van der Waals surface area contributed by atoms with Crippen molar-refractivity contribution in [3.05, 3.63) is 60.7 Å². The van der Waals surface area contributed by atoms with Gasteiger partial charge in [-0.25, -0.2) is 4.84 Å². The summed E-state index contributed by atoms with van der Waals surface area (Å²) >= 11 is 0. The average molecular weight is 215 g/mol. The van der Waals surface area contributed by atoms with Crippen LogP contribution in [0.3, 0.4) is 0 Å². The largest absolute Gasteiger partial charge is 0.354 e. The van der Waals surface area contributed by atoms with Crippen LogP contribution in [0.1, 0.15) is 0 Å². The van der Waals surface area contributed by atoms with E-state index in [1.54, 1.807) is 7.11 Å². The van der Waals surface area contributed by atoms with Crippen LogP contribution in [0.4, 0.5) is 5.69 Å². The fourth-order valence-electron chi connectivity index (χ4n) is 1.32. The van der Waals surface area contributed by atoms with Gasteiger partial charge in [-0.2, -0.15) is 0 Å². The fraction of sp³-hybridized carbons (Fsp3) is 0.0769. The topological polar surface area (TPSA) is 21.7 Å². The summed E-state index contributed by atoms with van der Waals surface area (Å²) in [6, 6.07) is 19.1. The number of benzene rings is 2. The Kier molecular flexibility index (Phi) is 3.41. The van der Waals surface area contributed by atoms with Crippen LogP contribution in [0.25, 0.3) is 0 Å². The third-order valence-corrected chi connectivity index (χ3v) is 2.06. The monoisotopic (exact) mass is 215 g/mol. The Labute approximate surface area is 94.7 Å². The normalized spacial score (nSPS) is 9.81. The molecule has 16 heavy (non-hydrogen) atoms. The maximum Gasteiger partial charge on any atom is 0.158 e. The van der Waals surface area contributed by atoms with Crippen LogP contribution >= 0.6 is 0 Å². The molecule has 0 bridgehead atoms. The van der Waals surface area contributed by atoms with Gasteiger partial charge >= 0.3 is 0 Å². The summed E-state index contributed by atoms with van der Waals surface area (Å²) in [7, 11) is 1.57. The summed E-state index contributed by atoms with van der Waals surface area (Å²) in [5, 5.41) is 1.37. The van der Waals surface area contributed by atoms with Gasteiger partial charge in [-0.1, -0.05) is 41.6 Å². The second-order valence-corrected chi connectivity index (χ2v) is 3.18. The van der Waals surface area contributed by atoms with E-state index >= 15 is 0 Å². The molecule has 0 aliphatic rings. The molecule has 2 aromatic carbocycles. The summed E-state index contributed by atoms with van der Waals surface area (Å²) < 4.78 is 0. The van der Waals surface area contributed by atoms with E-state index in [2.05, 4.69) is 0 Å². The first-order chi connectivity index (χ1) is 7.90. The molecule has 0 aliphatic carbocycles. The van der Waals surface area contributed by atoms with E-state index in [1.165, 1.54) is 5.23 Å². The van der Waals surface area contributed by atoms with Gasteiger partial charge in [-0.15, -0.1) is 0 Å². The maximum atomic E-state index is 5.56. The van der Waals surface area contributed by atoms with Gasteiger partial charge in [0.15, 0.2) is 5.75 Å². The van der Waals surface area contributed by atoms with Crippen LogP contribution in [0.15, 0.2) is 60.7 Å². The lowest BCUT2D eigenvalue weighted by atomic mass is 10.3. The van der Waals surface area contributed by atoms with Gasteiger partial charge in [0.2, 0.25) is 0 Å². The third kappa shape index (κ3) is 2.52. The Hall–Kier alpha value is -2.00. The van der Waals surface area contributed by atoms with Crippen molar-refractivity contribution in [3.8, 4) is 5.75 Å². The van der Waals surface area contributed by atoms with Crippen molar-refractivity contribution in [2.45, 2.75) is 0 Å². The highest BCUT2D eigenvalue weighted by Crippen LogP contribution is 2.17. The molecule has 0 N–H and O–H groups in total. The van der Waals surface area contributed by atoms with Crippen LogP contribution in [0, 0.1) is 0 Å². The van der Waals surface area contributed by atoms with E-state index in [1.807, 2.05) is 60.7 Å². The van der Waals surface area contributed by atoms with Crippen molar-refractivity contribution in [2.24, 2.45) is 0 Å². The molecule has 2 aromatic rings. The summed E-state index contributed by atoms with van der Waals surface area (Å²) in [6.45, 7) is 0. The molecule has 0 amide bonds. The Bertz CT molecular complexity index is 416. The van der Waals surface area contributed by atoms with Crippen LogP contribution in [0.2, 0.25) is 0 Å². The lowest BCUT2D eigenvalue weighted by Gasteiger charge is -2.20. The van der Waals surface area contributed by atoms with Gasteiger partial charge in [0.05, 0.1) is 7.11 Å². The second-order valence-electron chi connectivity index (χ2n) is 3.18. The minimum absolute atomic E-state index is 0.730. The molecule has 3 heteroatoms. The van der Waals surface area contributed by atoms with Gasteiger partial charge in [-0.05, 0) is 24.3 Å². The summed E-state index contributed by atoms with van der Waals surface area (Å²) in [5.41, 5.74) is 0.842. The fourth-order valence-corrected chi connectivity index (χ4v) is 1.32. The van der Waals surface area contributed by atoms with E-state index in [0.29, 0.717) is 0 Å². The van der Waals surface area contributed by atoms with Crippen molar-refractivity contribution >= 4 is 5.69 Å². The molecule has 3 nitrogen and oxygen atoms in total. The first kappa shape index (κ1) is 10.5. The van der Waals surface area contributed by atoms with Gasteiger partial charge in [0, 0.05) is 0 Å². The summed E-state index contributed by atoms with van der Waals surface area (Å²) in [6.07, 6.45) is 0. The molecule has 0 saturated carbocycles. The summed E-state index contributed by atoms with van der Waals surface area (Å²) in [5.74, 6) is 0.730. The molecule has 0 radical (unpaired) electrons. The third-order valence-electron chi connectivity index (χ3n) is 2.06. The van der Waals surface area contributed by atoms with Crippen LogP contribution in [-0.4, -0.2) is 7.11 Å². The Morgan fingerprint density at radius 3 is 1.94 bits per heavy atom. The number of para-hydroxylation sites is 2. The van der Waals surface area contributed by atoms with Crippen molar-refractivity contribution in [1.82, 2.24) is 0 Å². The molecule has 0 saturated heterocycles. The average Bonchev–Trinajstić information content (AvgIpc) is 2.38. The molecule has 0 fully saturated rings. The highest BCUT2D eigenvalue weighted by molar-refractivity contribution is 5.42. The SMILES string of the molecule is CON(Oc1ccccc1)c1ccccc1. The molecular formula is C13H13NO2. The predicted molar refractivity (Wildman–Crippen MR) is 63.0 cm³/mol. The Balaban J connectivity index is 2.13. The Morgan fingerprint density at radius 2 is 1.38 bits per heavy atom. The van der Waals surface area contributed by atoms with E-state index in [4.69, 9.17) is 9.68 Å². The maximum absolute atomic E-state index is 5.56. The number of nitrogens with zero attached hydrogens (tertiary/aromatic N) is 1. The van der Waals surface area contributed by atoms with Gasteiger partial charge in [-0.3, -0.25) is 0 Å². The smallest absolute Gasteiger partial charge is 0.158 e. The molecule has 0 unspecified atom stereocenters. The predicted octanol–water partition coefficient (Wildman–Crippen LogP) is 3.05. The van der Waals surface area contributed by atoms with Crippen LogP contribution < -0.4 is 10.1 Å². The molecule has 2 rings (SSSR count). The molecule has 0 heterocycles. The van der Waals surface area contributed by atoms with Crippen LogP contribution in [0.5, 0.6) is 5.75 Å². The summed E-state index contributed by atoms with van der Waals surface area (Å²) in [4.78, 5) is 10.7. The molecule has 0 spiro atoms. The lowest BCUT2D eigenvalue weighted by Crippen LogP contribution is -2.25. The van der Waals surface area contributed by atoms with Crippen molar-refractivity contribution in [1.29, 1.82) is 0 Å². The molecule has 0 aromatic heterocycles. The van der Waals surface area contributed by atoms with Crippen LogP contribution in [-0.2, 0) is 4.84 Å². The van der Waals surface area contributed by atoms with Crippen molar-refractivity contribution in [2.75, 3.05) is 12.3 Å². The number of hydrogen-bond acceptors (Lipinski definition) is 3. The van der Waals surface area contributed by atoms with Gasteiger partial charge in [0.1, 0.15) is 5.69 Å². The lowest BCUT2D eigenvalue weighted by molar-refractivity contribution is 0.00845.